The largest absolute Gasteiger partial charge is 0.466 e. The highest BCUT2D eigenvalue weighted by molar-refractivity contribution is 6.35. The van der Waals surface area contributed by atoms with Crippen molar-refractivity contribution >= 4 is 34.7 Å². The predicted molar refractivity (Wildman–Crippen MR) is 90.4 cm³/mol. The topological polar surface area (TPSA) is 52.1 Å². The van der Waals surface area contributed by atoms with Crippen LogP contribution < -0.4 is 0 Å². The standard InChI is InChI=1S/C17H14Cl2N2O2/c1-23-15(22)7-10-3-2-4-11-9-20-17(21-16(10)11)12-5-13(18)8-14(19)6-12/h5-9H,2-4H2,1H3/b10-7+. The predicted octanol–water partition coefficient (Wildman–Crippen LogP) is 4.34. The van der Waals surface area contributed by atoms with Gasteiger partial charge in [-0.2, -0.15) is 0 Å². The van der Waals surface area contributed by atoms with Crippen LogP contribution in [0.2, 0.25) is 10.0 Å². The van der Waals surface area contributed by atoms with Crippen molar-refractivity contribution < 1.29 is 9.53 Å². The van der Waals surface area contributed by atoms with E-state index in [0.717, 1.165) is 41.7 Å². The van der Waals surface area contributed by atoms with Gasteiger partial charge >= 0.3 is 5.97 Å². The third kappa shape index (κ3) is 3.54. The quantitative estimate of drug-likeness (QED) is 0.598. The van der Waals surface area contributed by atoms with Crippen LogP contribution in [-0.4, -0.2) is 23.0 Å². The summed E-state index contributed by atoms with van der Waals surface area (Å²) < 4.78 is 4.72. The first-order valence-corrected chi connectivity index (χ1v) is 7.93. The van der Waals surface area contributed by atoms with Gasteiger partial charge in [0.1, 0.15) is 0 Å². The number of carbonyl (C=O) groups is 1. The number of aromatic nitrogens is 2. The van der Waals surface area contributed by atoms with Gasteiger partial charge < -0.3 is 4.74 Å². The number of aryl methyl sites for hydroxylation is 1. The molecule has 0 unspecified atom stereocenters. The highest BCUT2D eigenvalue weighted by Gasteiger charge is 2.19. The fourth-order valence-electron chi connectivity index (χ4n) is 2.62. The first-order valence-electron chi connectivity index (χ1n) is 7.18. The van der Waals surface area contributed by atoms with E-state index >= 15 is 0 Å². The third-order valence-corrected chi connectivity index (χ3v) is 4.11. The maximum absolute atomic E-state index is 11.6. The molecule has 23 heavy (non-hydrogen) atoms. The molecule has 1 heterocycles. The summed E-state index contributed by atoms with van der Waals surface area (Å²) in [6, 6.07) is 5.19. The Hall–Kier alpha value is -1.91. The second kappa shape index (κ2) is 6.69. The lowest BCUT2D eigenvalue weighted by Crippen LogP contribution is -2.09. The molecule has 1 aromatic heterocycles. The Morgan fingerprint density at radius 2 is 1.96 bits per heavy atom. The number of rotatable bonds is 2. The van der Waals surface area contributed by atoms with Crippen molar-refractivity contribution in [1.29, 1.82) is 0 Å². The van der Waals surface area contributed by atoms with Gasteiger partial charge in [-0.1, -0.05) is 23.2 Å². The first kappa shape index (κ1) is 16.0. The van der Waals surface area contributed by atoms with Crippen LogP contribution in [0.3, 0.4) is 0 Å². The minimum atomic E-state index is -0.376. The molecular weight excluding hydrogens is 335 g/mol. The lowest BCUT2D eigenvalue weighted by molar-refractivity contribution is -0.134. The van der Waals surface area contributed by atoms with Gasteiger partial charge in [0.2, 0.25) is 0 Å². The van der Waals surface area contributed by atoms with Crippen molar-refractivity contribution in [3.8, 4) is 11.4 Å². The summed E-state index contributed by atoms with van der Waals surface area (Å²) in [5.41, 5.74) is 3.44. The maximum Gasteiger partial charge on any atom is 0.330 e. The Kier molecular flexibility index (Phi) is 4.64. The van der Waals surface area contributed by atoms with Gasteiger partial charge in [0, 0.05) is 27.9 Å². The molecule has 0 aliphatic heterocycles. The van der Waals surface area contributed by atoms with E-state index in [2.05, 4.69) is 9.97 Å². The van der Waals surface area contributed by atoms with Crippen molar-refractivity contribution in [1.82, 2.24) is 9.97 Å². The lowest BCUT2D eigenvalue weighted by atomic mass is 9.92. The minimum Gasteiger partial charge on any atom is -0.466 e. The van der Waals surface area contributed by atoms with Gasteiger partial charge in [0.15, 0.2) is 5.82 Å². The van der Waals surface area contributed by atoms with Crippen molar-refractivity contribution in [3.05, 3.63) is 51.8 Å². The molecule has 0 saturated carbocycles. The normalized spacial score (nSPS) is 15.3. The number of esters is 1. The van der Waals surface area contributed by atoms with E-state index < -0.39 is 0 Å². The lowest BCUT2D eigenvalue weighted by Gasteiger charge is -2.18. The number of benzene rings is 1. The second-order valence-electron chi connectivity index (χ2n) is 5.27. The zero-order valence-electron chi connectivity index (χ0n) is 12.5. The van der Waals surface area contributed by atoms with Crippen LogP contribution in [0.1, 0.15) is 24.1 Å². The highest BCUT2D eigenvalue weighted by atomic mass is 35.5. The number of allylic oxidation sites excluding steroid dienone is 1. The van der Waals surface area contributed by atoms with Crippen LogP contribution >= 0.6 is 23.2 Å². The van der Waals surface area contributed by atoms with Crippen molar-refractivity contribution in [2.45, 2.75) is 19.3 Å². The average molecular weight is 349 g/mol. The molecular formula is C17H14Cl2N2O2. The summed E-state index contributed by atoms with van der Waals surface area (Å²) in [6.07, 6.45) is 5.94. The molecule has 0 N–H and O–H groups in total. The average Bonchev–Trinajstić information content (AvgIpc) is 2.53. The summed E-state index contributed by atoms with van der Waals surface area (Å²) in [7, 11) is 1.36. The Bertz CT molecular complexity index is 783. The Morgan fingerprint density at radius 3 is 2.65 bits per heavy atom. The molecule has 6 heteroatoms. The molecule has 1 aliphatic carbocycles. The number of carbonyl (C=O) groups excluding carboxylic acids is 1. The summed E-state index contributed by atoms with van der Waals surface area (Å²) in [4.78, 5) is 20.6. The van der Waals surface area contributed by atoms with E-state index in [-0.39, 0.29) is 5.97 Å². The zero-order chi connectivity index (χ0) is 16.4. The van der Waals surface area contributed by atoms with Crippen LogP contribution in [0.15, 0.2) is 30.5 Å². The molecule has 4 nitrogen and oxygen atoms in total. The molecule has 2 aromatic rings. The van der Waals surface area contributed by atoms with Crippen LogP contribution in [0.25, 0.3) is 17.0 Å². The van der Waals surface area contributed by atoms with Crippen LogP contribution in [0, 0.1) is 0 Å². The van der Waals surface area contributed by atoms with E-state index in [4.69, 9.17) is 27.9 Å². The van der Waals surface area contributed by atoms with Gasteiger partial charge in [0.05, 0.1) is 12.8 Å². The Morgan fingerprint density at radius 1 is 1.22 bits per heavy atom. The fourth-order valence-corrected chi connectivity index (χ4v) is 3.15. The number of methoxy groups -OCH3 is 1. The Labute approximate surface area is 144 Å². The second-order valence-corrected chi connectivity index (χ2v) is 6.14. The van der Waals surface area contributed by atoms with Crippen molar-refractivity contribution in [2.75, 3.05) is 7.11 Å². The van der Waals surface area contributed by atoms with Gasteiger partial charge in [0.25, 0.3) is 0 Å². The van der Waals surface area contributed by atoms with Crippen LogP contribution in [-0.2, 0) is 16.0 Å². The third-order valence-electron chi connectivity index (χ3n) is 3.67. The smallest absolute Gasteiger partial charge is 0.330 e. The number of fused-ring (bicyclic) bond motifs is 1. The molecule has 3 rings (SSSR count). The molecule has 0 bridgehead atoms. The monoisotopic (exact) mass is 348 g/mol. The van der Waals surface area contributed by atoms with E-state index in [1.165, 1.54) is 13.2 Å². The molecule has 0 saturated heterocycles. The minimum absolute atomic E-state index is 0.376. The van der Waals surface area contributed by atoms with E-state index in [1.54, 1.807) is 24.4 Å². The molecule has 1 aliphatic rings. The maximum atomic E-state index is 11.6. The molecule has 0 fully saturated rings. The number of hydrogen-bond acceptors (Lipinski definition) is 4. The number of hydrogen-bond donors (Lipinski definition) is 0. The number of nitrogens with zero attached hydrogens (tertiary/aromatic N) is 2. The van der Waals surface area contributed by atoms with E-state index in [0.29, 0.717) is 15.9 Å². The molecule has 0 radical (unpaired) electrons. The molecule has 0 spiro atoms. The van der Waals surface area contributed by atoms with E-state index in [9.17, 15) is 4.79 Å². The summed E-state index contributed by atoms with van der Waals surface area (Å²) in [5, 5.41) is 1.05. The number of halogens is 2. The number of ether oxygens (including phenoxy) is 1. The molecule has 1 aromatic carbocycles. The molecule has 0 atom stereocenters. The first-order chi connectivity index (χ1) is 11.1. The summed E-state index contributed by atoms with van der Waals surface area (Å²) in [5.74, 6) is 0.157. The van der Waals surface area contributed by atoms with E-state index in [1.807, 2.05) is 0 Å². The van der Waals surface area contributed by atoms with Gasteiger partial charge in [-0.15, -0.1) is 0 Å². The zero-order valence-corrected chi connectivity index (χ0v) is 14.0. The Balaban J connectivity index is 2.08. The van der Waals surface area contributed by atoms with Crippen molar-refractivity contribution in [2.24, 2.45) is 0 Å². The van der Waals surface area contributed by atoms with Gasteiger partial charge in [-0.3, -0.25) is 0 Å². The van der Waals surface area contributed by atoms with Gasteiger partial charge in [-0.05, 0) is 48.6 Å². The summed E-state index contributed by atoms with van der Waals surface area (Å²) >= 11 is 12.1. The van der Waals surface area contributed by atoms with Crippen LogP contribution in [0.5, 0.6) is 0 Å². The fraction of sp³-hybridized carbons (Fsp3) is 0.235. The van der Waals surface area contributed by atoms with Crippen molar-refractivity contribution in [3.63, 3.8) is 0 Å². The SMILES string of the molecule is COC(=O)/C=C1\CCCc2cnc(-c3cc(Cl)cc(Cl)c3)nc21. The summed E-state index contributed by atoms with van der Waals surface area (Å²) in [6.45, 7) is 0. The molecule has 118 valence electrons. The molecule has 0 amide bonds. The van der Waals surface area contributed by atoms with Gasteiger partial charge in [-0.25, -0.2) is 14.8 Å². The highest BCUT2D eigenvalue weighted by Crippen LogP contribution is 2.31. The van der Waals surface area contributed by atoms with Crippen LogP contribution in [0.4, 0.5) is 0 Å².